The lowest BCUT2D eigenvalue weighted by atomic mass is 10.2. The van der Waals surface area contributed by atoms with Crippen molar-refractivity contribution in [2.75, 3.05) is 18.5 Å². The molecule has 21 heavy (non-hydrogen) atoms. The predicted molar refractivity (Wildman–Crippen MR) is 64.2 cm³/mol. The standard InChI is InChI=1S/C11H10ClF4NO4/c12-6-1-8-9(2-7(6)17-3-5(19)4-18)21-11(15,16)10(13,14)20-8/h1-2,5,17-19H,3-4H2. The summed E-state index contributed by atoms with van der Waals surface area (Å²) in [7, 11) is 0. The number of aliphatic hydroxyl groups excluding tert-OH is 2. The second kappa shape index (κ2) is 5.39. The van der Waals surface area contributed by atoms with Crippen LogP contribution in [0.3, 0.4) is 0 Å². The highest BCUT2D eigenvalue weighted by Crippen LogP contribution is 2.49. The van der Waals surface area contributed by atoms with Gasteiger partial charge in [-0.25, -0.2) is 0 Å². The van der Waals surface area contributed by atoms with Gasteiger partial charge in [0.1, 0.15) is 0 Å². The summed E-state index contributed by atoms with van der Waals surface area (Å²) in [5.74, 6) is -1.26. The number of hydrogen-bond acceptors (Lipinski definition) is 5. The second-order valence-electron chi connectivity index (χ2n) is 4.23. The van der Waals surface area contributed by atoms with Crippen LogP contribution in [-0.4, -0.2) is 41.7 Å². The van der Waals surface area contributed by atoms with Gasteiger partial charge in [-0.3, -0.25) is 0 Å². The molecule has 1 heterocycles. The minimum Gasteiger partial charge on any atom is -0.421 e. The number of rotatable bonds is 4. The zero-order chi connectivity index (χ0) is 15.8. The van der Waals surface area contributed by atoms with Gasteiger partial charge in [-0.05, 0) is 0 Å². The largest absolute Gasteiger partial charge is 0.507 e. The SMILES string of the molecule is OCC(O)CNc1cc2c(cc1Cl)OC(F)(F)C(F)(F)O2. The summed E-state index contributed by atoms with van der Waals surface area (Å²) in [5.41, 5.74) is 0.0486. The quantitative estimate of drug-likeness (QED) is 0.737. The third-order valence-corrected chi connectivity index (χ3v) is 2.90. The minimum atomic E-state index is -4.82. The highest BCUT2D eigenvalue weighted by Gasteiger charge is 2.66. The van der Waals surface area contributed by atoms with Crippen LogP contribution in [0.1, 0.15) is 0 Å². The van der Waals surface area contributed by atoms with Gasteiger partial charge in [-0.1, -0.05) is 11.6 Å². The van der Waals surface area contributed by atoms with E-state index < -0.39 is 36.4 Å². The normalized spacial score (nSPS) is 20.0. The Morgan fingerprint density at radius 1 is 1.14 bits per heavy atom. The molecule has 1 atom stereocenters. The first kappa shape index (κ1) is 15.9. The Morgan fingerprint density at radius 3 is 2.19 bits per heavy atom. The van der Waals surface area contributed by atoms with E-state index >= 15 is 0 Å². The fraction of sp³-hybridized carbons (Fsp3) is 0.455. The Hall–Kier alpha value is -1.45. The maximum absolute atomic E-state index is 13.0. The summed E-state index contributed by atoms with van der Waals surface area (Å²) < 4.78 is 59.9. The van der Waals surface area contributed by atoms with E-state index in [4.69, 9.17) is 21.8 Å². The molecule has 0 spiro atoms. The van der Waals surface area contributed by atoms with E-state index in [1.807, 2.05) is 0 Å². The summed E-state index contributed by atoms with van der Waals surface area (Å²) in [5, 5.41) is 20.3. The number of alkyl halides is 4. The van der Waals surface area contributed by atoms with Crippen LogP contribution in [0.4, 0.5) is 23.2 Å². The van der Waals surface area contributed by atoms with Crippen LogP contribution in [-0.2, 0) is 0 Å². The molecule has 0 bridgehead atoms. The van der Waals surface area contributed by atoms with Gasteiger partial charge in [-0.2, -0.15) is 17.6 Å². The molecule has 1 aliphatic rings. The molecule has 10 heteroatoms. The van der Waals surface area contributed by atoms with Gasteiger partial charge in [0.2, 0.25) is 0 Å². The van der Waals surface area contributed by atoms with Crippen molar-refractivity contribution in [3.8, 4) is 11.5 Å². The van der Waals surface area contributed by atoms with E-state index in [9.17, 15) is 17.6 Å². The van der Waals surface area contributed by atoms with Crippen molar-refractivity contribution in [1.29, 1.82) is 0 Å². The molecule has 1 aromatic carbocycles. The Balaban J connectivity index is 2.27. The van der Waals surface area contributed by atoms with Crippen molar-refractivity contribution in [3.05, 3.63) is 17.2 Å². The number of ether oxygens (including phenoxy) is 2. The predicted octanol–water partition coefficient (Wildman–Crippen LogP) is 2.06. The number of fused-ring (bicyclic) bond motifs is 1. The van der Waals surface area contributed by atoms with Crippen molar-refractivity contribution in [2.24, 2.45) is 0 Å². The van der Waals surface area contributed by atoms with E-state index in [0.29, 0.717) is 0 Å². The van der Waals surface area contributed by atoms with Crippen LogP contribution in [0, 0.1) is 0 Å². The first-order chi connectivity index (χ1) is 9.66. The van der Waals surface area contributed by atoms with Gasteiger partial charge in [-0.15, -0.1) is 0 Å². The second-order valence-corrected chi connectivity index (χ2v) is 4.64. The zero-order valence-corrected chi connectivity index (χ0v) is 11.0. The first-order valence-corrected chi connectivity index (χ1v) is 6.04. The van der Waals surface area contributed by atoms with Crippen LogP contribution >= 0.6 is 11.6 Å². The number of hydrogen-bond donors (Lipinski definition) is 3. The molecule has 0 aliphatic carbocycles. The van der Waals surface area contributed by atoms with Crippen molar-refractivity contribution >= 4 is 17.3 Å². The van der Waals surface area contributed by atoms with E-state index in [2.05, 4.69) is 14.8 Å². The summed E-state index contributed by atoms with van der Waals surface area (Å²) in [6.07, 6.45) is -10.7. The lowest BCUT2D eigenvalue weighted by Gasteiger charge is -2.32. The zero-order valence-electron chi connectivity index (χ0n) is 10.2. The molecule has 2 rings (SSSR count). The molecule has 5 nitrogen and oxygen atoms in total. The Morgan fingerprint density at radius 2 is 1.67 bits per heavy atom. The monoisotopic (exact) mass is 331 g/mol. The lowest BCUT2D eigenvalue weighted by molar-refractivity contribution is -0.391. The Kier molecular flexibility index (Phi) is 4.09. The first-order valence-electron chi connectivity index (χ1n) is 5.66. The summed E-state index contributed by atoms with van der Waals surface area (Å²) in [6.45, 7) is -0.665. The maximum Gasteiger partial charge on any atom is 0.507 e. The Bertz CT molecular complexity index is 543. The lowest BCUT2D eigenvalue weighted by Crippen LogP contribution is -2.52. The van der Waals surface area contributed by atoms with Crippen molar-refractivity contribution < 1.29 is 37.2 Å². The van der Waals surface area contributed by atoms with Gasteiger partial charge >= 0.3 is 12.2 Å². The van der Waals surface area contributed by atoms with Gasteiger partial charge < -0.3 is 25.0 Å². The van der Waals surface area contributed by atoms with Crippen LogP contribution in [0.25, 0.3) is 0 Å². The smallest absolute Gasteiger partial charge is 0.421 e. The maximum atomic E-state index is 13.0. The molecule has 0 fully saturated rings. The number of benzene rings is 1. The molecule has 0 aromatic heterocycles. The van der Waals surface area contributed by atoms with E-state index in [1.165, 1.54) is 0 Å². The van der Waals surface area contributed by atoms with Crippen molar-refractivity contribution in [2.45, 2.75) is 18.3 Å². The molecule has 1 unspecified atom stereocenters. The molecule has 0 saturated carbocycles. The van der Waals surface area contributed by atoms with Crippen molar-refractivity contribution in [3.63, 3.8) is 0 Å². The van der Waals surface area contributed by atoms with Crippen LogP contribution in [0.2, 0.25) is 5.02 Å². The summed E-state index contributed by atoms with van der Waals surface area (Å²) >= 11 is 5.78. The van der Waals surface area contributed by atoms with E-state index in [1.54, 1.807) is 0 Å². The molecular formula is C11H10ClF4NO4. The molecule has 0 radical (unpaired) electrons. The van der Waals surface area contributed by atoms with Crippen LogP contribution in [0.15, 0.2) is 12.1 Å². The minimum absolute atomic E-state index is 0.0486. The third kappa shape index (κ3) is 3.09. The fourth-order valence-corrected chi connectivity index (χ4v) is 1.74. The third-order valence-electron chi connectivity index (χ3n) is 2.59. The van der Waals surface area contributed by atoms with E-state index in [0.717, 1.165) is 12.1 Å². The molecule has 1 aromatic rings. The number of aliphatic hydroxyl groups is 2. The number of halogens is 5. The average molecular weight is 332 g/mol. The highest BCUT2D eigenvalue weighted by molar-refractivity contribution is 6.33. The molecular weight excluding hydrogens is 322 g/mol. The summed E-state index contributed by atoms with van der Waals surface area (Å²) in [4.78, 5) is 0. The molecule has 0 saturated heterocycles. The van der Waals surface area contributed by atoms with Gasteiger partial charge in [0.15, 0.2) is 11.5 Å². The van der Waals surface area contributed by atoms with Crippen molar-refractivity contribution in [1.82, 2.24) is 0 Å². The molecule has 0 amide bonds. The van der Waals surface area contributed by atoms with Crippen LogP contribution in [0.5, 0.6) is 11.5 Å². The topological polar surface area (TPSA) is 71.0 Å². The fourth-order valence-electron chi connectivity index (χ4n) is 1.52. The molecule has 118 valence electrons. The van der Waals surface area contributed by atoms with Gasteiger partial charge in [0, 0.05) is 18.7 Å². The highest BCUT2D eigenvalue weighted by atomic mass is 35.5. The van der Waals surface area contributed by atoms with Crippen LogP contribution < -0.4 is 14.8 Å². The van der Waals surface area contributed by atoms with E-state index in [-0.39, 0.29) is 17.3 Å². The molecule has 1 aliphatic heterocycles. The van der Waals surface area contributed by atoms with Gasteiger partial charge in [0.25, 0.3) is 0 Å². The Labute approximate surface area is 121 Å². The number of nitrogens with one attached hydrogen (secondary N) is 1. The van der Waals surface area contributed by atoms with Gasteiger partial charge in [0.05, 0.1) is 23.4 Å². The average Bonchev–Trinajstić information content (AvgIpc) is 2.37. The number of anilines is 1. The summed E-state index contributed by atoms with van der Waals surface area (Å²) in [6, 6.07) is 1.82. The molecule has 3 N–H and O–H groups in total.